The highest BCUT2D eigenvalue weighted by Crippen LogP contribution is 2.26. The van der Waals surface area contributed by atoms with E-state index in [-0.39, 0.29) is 12.3 Å². The van der Waals surface area contributed by atoms with Crippen molar-refractivity contribution < 1.29 is 17.9 Å². The summed E-state index contributed by atoms with van der Waals surface area (Å²) in [4.78, 5) is 4.35. The van der Waals surface area contributed by atoms with Gasteiger partial charge in [-0.25, -0.2) is 4.99 Å². The molecule has 1 aromatic heterocycles. The van der Waals surface area contributed by atoms with Crippen molar-refractivity contribution in [1.82, 2.24) is 20.4 Å². The van der Waals surface area contributed by atoms with Crippen LogP contribution in [-0.4, -0.2) is 35.2 Å². The van der Waals surface area contributed by atoms with E-state index in [1.165, 1.54) is 12.1 Å². The molecular weight excluding hydrogens is 359 g/mol. The van der Waals surface area contributed by atoms with Gasteiger partial charge in [0.05, 0.1) is 12.7 Å². The molecule has 0 bridgehead atoms. The second-order valence-corrected chi connectivity index (χ2v) is 5.90. The highest BCUT2D eigenvalue weighted by atomic mass is 19.4. The van der Waals surface area contributed by atoms with Gasteiger partial charge < -0.3 is 15.4 Å². The maximum absolute atomic E-state index is 12.5. The maximum Gasteiger partial charge on any atom is 0.573 e. The molecule has 1 aromatic carbocycles. The predicted molar refractivity (Wildman–Crippen MR) is 97.5 cm³/mol. The number of hydrogen-bond donors (Lipinski definition) is 2. The number of aromatic nitrogens is 2. The molecule has 0 saturated heterocycles. The lowest BCUT2D eigenvalue weighted by molar-refractivity contribution is -0.274. The molecule has 2 rings (SSSR count). The van der Waals surface area contributed by atoms with Crippen LogP contribution in [0.1, 0.15) is 24.5 Å². The van der Waals surface area contributed by atoms with E-state index in [2.05, 4.69) is 25.5 Å². The first-order chi connectivity index (χ1) is 12.9. The number of aliphatic imine (C=N–C) groups is 1. The first kappa shape index (κ1) is 20.6. The molecule has 0 aliphatic carbocycles. The zero-order chi connectivity index (χ0) is 19.7. The monoisotopic (exact) mass is 383 g/mol. The number of hydrogen-bond acceptors (Lipinski definition) is 3. The Hall–Kier alpha value is -2.71. The Morgan fingerprint density at radius 1 is 1.26 bits per heavy atom. The van der Waals surface area contributed by atoms with Crippen LogP contribution in [0.5, 0.6) is 5.75 Å². The number of rotatable bonds is 8. The number of benzene rings is 1. The fraction of sp³-hybridized carbons (Fsp3) is 0.444. The molecule has 2 aromatic rings. The molecule has 1 heterocycles. The number of nitrogens with one attached hydrogen (secondary N) is 2. The van der Waals surface area contributed by atoms with Gasteiger partial charge in [0, 0.05) is 31.9 Å². The van der Waals surface area contributed by atoms with Crippen molar-refractivity contribution in [3.05, 3.63) is 47.8 Å². The van der Waals surface area contributed by atoms with E-state index in [9.17, 15) is 13.2 Å². The first-order valence-electron chi connectivity index (χ1n) is 8.70. The fourth-order valence-electron chi connectivity index (χ4n) is 2.46. The first-order valence-corrected chi connectivity index (χ1v) is 8.70. The van der Waals surface area contributed by atoms with Crippen LogP contribution in [0.2, 0.25) is 0 Å². The molecule has 0 saturated carbocycles. The normalized spacial score (nSPS) is 12.1. The minimum Gasteiger partial charge on any atom is -0.405 e. The van der Waals surface area contributed by atoms with E-state index in [0.29, 0.717) is 24.6 Å². The smallest absolute Gasteiger partial charge is 0.405 e. The summed E-state index contributed by atoms with van der Waals surface area (Å²) in [6.45, 7) is 3.33. The zero-order valence-corrected chi connectivity index (χ0v) is 15.4. The van der Waals surface area contributed by atoms with Crippen LogP contribution in [0.4, 0.5) is 13.2 Å². The van der Waals surface area contributed by atoms with Crippen molar-refractivity contribution in [2.45, 2.75) is 32.7 Å². The van der Waals surface area contributed by atoms with Gasteiger partial charge in [-0.1, -0.05) is 18.2 Å². The van der Waals surface area contributed by atoms with Gasteiger partial charge in [0.2, 0.25) is 0 Å². The van der Waals surface area contributed by atoms with Gasteiger partial charge in [-0.15, -0.1) is 13.2 Å². The van der Waals surface area contributed by atoms with E-state index in [0.717, 1.165) is 18.4 Å². The minimum atomic E-state index is -4.73. The third-order valence-electron chi connectivity index (χ3n) is 3.64. The van der Waals surface area contributed by atoms with Crippen molar-refractivity contribution in [2.24, 2.45) is 12.0 Å². The lowest BCUT2D eigenvalue weighted by Gasteiger charge is -2.14. The number of nitrogens with zero attached hydrogens (tertiary/aromatic N) is 3. The third kappa shape index (κ3) is 7.59. The van der Waals surface area contributed by atoms with Crippen molar-refractivity contribution in [2.75, 3.05) is 13.1 Å². The number of guanidine groups is 1. The molecule has 0 amide bonds. The Morgan fingerprint density at radius 3 is 2.70 bits per heavy atom. The van der Waals surface area contributed by atoms with Crippen LogP contribution in [0.3, 0.4) is 0 Å². The Labute approximate surface area is 156 Å². The average Bonchev–Trinajstić information content (AvgIpc) is 3.01. The summed E-state index contributed by atoms with van der Waals surface area (Å²) < 4.78 is 43.3. The highest BCUT2D eigenvalue weighted by Gasteiger charge is 2.31. The molecule has 148 valence electrons. The quantitative estimate of drug-likeness (QED) is 0.418. The SMILES string of the molecule is CCNC(=NCc1ccccc1OC(F)(F)F)NCCCc1cnn(C)c1. The number of para-hydroxylation sites is 1. The lowest BCUT2D eigenvalue weighted by atomic mass is 10.2. The van der Waals surface area contributed by atoms with Crippen LogP contribution in [-0.2, 0) is 20.0 Å². The Morgan fingerprint density at radius 2 is 2.04 bits per heavy atom. The number of alkyl halides is 3. The molecule has 9 heteroatoms. The van der Waals surface area contributed by atoms with Crippen LogP contribution in [0.15, 0.2) is 41.7 Å². The summed E-state index contributed by atoms with van der Waals surface area (Å²) >= 11 is 0. The second-order valence-electron chi connectivity index (χ2n) is 5.90. The number of ether oxygens (including phenoxy) is 1. The van der Waals surface area contributed by atoms with E-state index >= 15 is 0 Å². The van der Waals surface area contributed by atoms with Gasteiger partial charge in [0.25, 0.3) is 0 Å². The molecule has 0 atom stereocenters. The summed E-state index contributed by atoms with van der Waals surface area (Å²) in [6, 6.07) is 6.00. The van der Waals surface area contributed by atoms with Crippen molar-refractivity contribution in [1.29, 1.82) is 0 Å². The largest absolute Gasteiger partial charge is 0.573 e. The summed E-state index contributed by atoms with van der Waals surface area (Å²) in [5.74, 6) is 0.312. The number of aryl methyl sites for hydroxylation is 2. The second kappa shape index (κ2) is 9.84. The molecule has 0 spiro atoms. The van der Waals surface area contributed by atoms with Gasteiger partial charge >= 0.3 is 6.36 Å². The van der Waals surface area contributed by atoms with E-state index < -0.39 is 6.36 Å². The molecule has 0 fully saturated rings. The van der Waals surface area contributed by atoms with Crippen molar-refractivity contribution >= 4 is 5.96 Å². The van der Waals surface area contributed by atoms with Crippen LogP contribution >= 0.6 is 0 Å². The lowest BCUT2D eigenvalue weighted by Crippen LogP contribution is -2.37. The topological polar surface area (TPSA) is 63.5 Å². The van der Waals surface area contributed by atoms with Gasteiger partial charge in [0.1, 0.15) is 5.75 Å². The third-order valence-corrected chi connectivity index (χ3v) is 3.64. The van der Waals surface area contributed by atoms with Gasteiger partial charge in [-0.05, 0) is 31.4 Å². The van der Waals surface area contributed by atoms with Crippen LogP contribution in [0, 0.1) is 0 Å². The summed E-state index contributed by atoms with van der Waals surface area (Å²) in [5.41, 5.74) is 1.52. The molecule has 0 aliphatic rings. The Bertz CT molecular complexity index is 743. The van der Waals surface area contributed by atoms with Gasteiger partial charge in [-0.3, -0.25) is 4.68 Å². The van der Waals surface area contributed by atoms with Crippen LogP contribution in [0.25, 0.3) is 0 Å². The fourth-order valence-corrected chi connectivity index (χ4v) is 2.46. The van der Waals surface area contributed by atoms with Crippen LogP contribution < -0.4 is 15.4 Å². The zero-order valence-electron chi connectivity index (χ0n) is 15.4. The Kier molecular flexibility index (Phi) is 7.51. The molecule has 27 heavy (non-hydrogen) atoms. The van der Waals surface area contributed by atoms with Crippen molar-refractivity contribution in [3.63, 3.8) is 0 Å². The highest BCUT2D eigenvalue weighted by molar-refractivity contribution is 5.79. The minimum absolute atomic E-state index is 0.0736. The van der Waals surface area contributed by atoms with Crippen molar-refractivity contribution in [3.8, 4) is 5.75 Å². The van der Waals surface area contributed by atoms with E-state index in [4.69, 9.17) is 0 Å². The average molecular weight is 383 g/mol. The maximum atomic E-state index is 12.5. The molecular formula is C18H24F3N5O. The summed E-state index contributed by atoms with van der Waals surface area (Å²) in [7, 11) is 1.87. The van der Waals surface area contributed by atoms with E-state index in [1.54, 1.807) is 16.8 Å². The van der Waals surface area contributed by atoms with Gasteiger partial charge in [-0.2, -0.15) is 5.10 Å². The standard InChI is InChI=1S/C18H24F3N5O/c1-3-22-17(23-10-6-7-14-11-25-26(2)13-14)24-12-15-8-4-5-9-16(15)27-18(19,20)21/h4-5,8-9,11,13H,3,6-7,10,12H2,1-2H3,(H2,22,23,24). The Balaban J connectivity index is 1.91. The van der Waals surface area contributed by atoms with E-state index in [1.807, 2.05) is 26.4 Å². The molecule has 0 radical (unpaired) electrons. The summed E-state index contributed by atoms with van der Waals surface area (Å²) in [6.07, 6.45) is 0.828. The molecule has 0 aliphatic heterocycles. The summed E-state index contributed by atoms with van der Waals surface area (Å²) in [5, 5.41) is 10.4. The van der Waals surface area contributed by atoms with Gasteiger partial charge in [0.15, 0.2) is 5.96 Å². The molecule has 6 nitrogen and oxygen atoms in total. The molecule has 2 N–H and O–H groups in total. The molecule has 0 unspecified atom stereocenters. The predicted octanol–water partition coefficient (Wildman–Crippen LogP) is 3.01. The number of halogens is 3.